The second-order valence-electron chi connectivity index (χ2n) is 6.36. The molecule has 0 spiro atoms. The zero-order valence-corrected chi connectivity index (χ0v) is 14.0. The summed E-state index contributed by atoms with van der Waals surface area (Å²) in [5.41, 5.74) is 0. The Morgan fingerprint density at radius 2 is 1.17 bits per heavy atom. The topological polar surface area (TPSA) is 77.6 Å². The Morgan fingerprint density at radius 1 is 0.750 bits per heavy atom. The molecule has 2 saturated heterocycles. The maximum absolute atomic E-state index is 12.2. The van der Waals surface area contributed by atoms with Crippen molar-refractivity contribution in [1.29, 1.82) is 0 Å². The van der Waals surface area contributed by atoms with Crippen LogP contribution in [0.5, 0.6) is 0 Å². The van der Waals surface area contributed by atoms with Crippen molar-refractivity contribution in [2.24, 2.45) is 0 Å². The van der Waals surface area contributed by atoms with Crippen LogP contribution in [0.2, 0.25) is 0 Å². The number of carbonyl (C=O) groups excluding carboxylic acids is 2. The molecule has 7 nitrogen and oxygen atoms in total. The molecule has 0 radical (unpaired) electrons. The first-order chi connectivity index (χ1) is 11.7. The van der Waals surface area contributed by atoms with Crippen molar-refractivity contribution in [2.75, 3.05) is 36.8 Å². The van der Waals surface area contributed by atoms with Gasteiger partial charge < -0.3 is 9.80 Å². The first-order valence-corrected chi connectivity index (χ1v) is 8.81. The van der Waals surface area contributed by atoms with Crippen LogP contribution in [-0.2, 0) is 0 Å². The highest BCUT2D eigenvalue weighted by atomic mass is 16.2. The highest BCUT2D eigenvalue weighted by Gasteiger charge is 2.18. The third-order valence-corrected chi connectivity index (χ3v) is 4.51. The molecule has 0 unspecified atom stereocenters. The molecule has 7 heteroatoms. The van der Waals surface area contributed by atoms with Crippen molar-refractivity contribution in [3.05, 3.63) is 18.2 Å². The standard InChI is InChI=1S/C17H25N5O2/c23-16(21-10-3-1-4-11-21)19-14-8-7-9-15(18-14)20-17(24)22-12-5-2-6-13-22/h7-9H,1-6,10-13H2,(H2,18,19,20,23,24). The smallest absolute Gasteiger partial charge is 0.323 e. The van der Waals surface area contributed by atoms with Gasteiger partial charge in [-0.15, -0.1) is 0 Å². The number of nitrogens with zero attached hydrogens (tertiary/aromatic N) is 3. The van der Waals surface area contributed by atoms with Crippen LogP contribution in [0, 0.1) is 0 Å². The van der Waals surface area contributed by atoms with Gasteiger partial charge in [0.2, 0.25) is 0 Å². The summed E-state index contributed by atoms with van der Waals surface area (Å²) in [6.07, 6.45) is 6.55. The van der Waals surface area contributed by atoms with E-state index < -0.39 is 0 Å². The van der Waals surface area contributed by atoms with E-state index in [1.807, 2.05) is 9.80 Å². The van der Waals surface area contributed by atoms with Crippen LogP contribution in [0.3, 0.4) is 0 Å². The summed E-state index contributed by atoms with van der Waals surface area (Å²) >= 11 is 0. The third kappa shape index (κ3) is 4.37. The number of nitrogens with one attached hydrogen (secondary N) is 2. The fraction of sp³-hybridized carbons (Fsp3) is 0.588. The number of rotatable bonds is 2. The maximum atomic E-state index is 12.2. The van der Waals surface area contributed by atoms with Crippen molar-refractivity contribution in [3.8, 4) is 0 Å². The van der Waals surface area contributed by atoms with E-state index in [9.17, 15) is 9.59 Å². The highest BCUT2D eigenvalue weighted by molar-refractivity contribution is 5.90. The molecular formula is C17H25N5O2. The lowest BCUT2D eigenvalue weighted by Crippen LogP contribution is -2.39. The van der Waals surface area contributed by atoms with Crippen LogP contribution in [0.1, 0.15) is 38.5 Å². The second kappa shape index (κ2) is 7.99. The molecule has 0 aromatic carbocycles. The minimum absolute atomic E-state index is 0.123. The van der Waals surface area contributed by atoms with Crippen LogP contribution in [0.15, 0.2) is 18.2 Å². The molecule has 2 N–H and O–H groups in total. The van der Waals surface area contributed by atoms with E-state index in [4.69, 9.17) is 0 Å². The Bertz CT molecular complexity index is 533. The van der Waals surface area contributed by atoms with Crippen molar-refractivity contribution in [3.63, 3.8) is 0 Å². The second-order valence-corrected chi connectivity index (χ2v) is 6.36. The third-order valence-electron chi connectivity index (χ3n) is 4.51. The summed E-state index contributed by atoms with van der Waals surface area (Å²) in [5.74, 6) is 0.920. The summed E-state index contributed by atoms with van der Waals surface area (Å²) in [5, 5.41) is 5.63. The van der Waals surface area contributed by atoms with E-state index in [0.29, 0.717) is 11.6 Å². The van der Waals surface area contributed by atoms with Gasteiger partial charge in [-0.05, 0) is 50.7 Å². The Hall–Kier alpha value is -2.31. The average molecular weight is 331 g/mol. The van der Waals surface area contributed by atoms with Crippen LogP contribution in [0.4, 0.5) is 21.2 Å². The summed E-state index contributed by atoms with van der Waals surface area (Å²) in [4.78, 5) is 32.4. The number of hydrogen-bond donors (Lipinski definition) is 2. The molecule has 2 aliphatic heterocycles. The van der Waals surface area contributed by atoms with Crippen molar-refractivity contribution in [1.82, 2.24) is 14.8 Å². The molecule has 3 rings (SSSR count). The Kier molecular flexibility index (Phi) is 5.51. The van der Waals surface area contributed by atoms with Crippen molar-refractivity contribution < 1.29 is 9.59 Å². The summed E-state index contributed by atoms with van der Waals surface area (Å²) in [7, 11) is 0. The molecule has 0 aliphatic carbocycles. The van der Waals surface area contributed by atoms with E-state index in [1.54, 1.807) is 18.2 Å². The molecule has 0 atom stereocenters. The average Bonchev–Trinajstić information content (AvgIpc) is 2.63. The first-order valence-electron chi connectivity index (χ1n) is 8.81. The molecule has 0 saturated carbocycles. The quantitative estimate of drug-likeness (QED) is 0.874. The number of urea groups is 2. The van der Waals surface area contributed by atoms with E-state index in [2.05, 4.69) is 15.6 Å². The largest absolute Gasteiger partial charge is 0.325 e. The summed E-state index contributed by atoms with van der Waals surface area (Å²) in [6.45, 7) is 3.16. The first kappa shape index (κ1) is 16.5. The number of aromatic nitrogens is 1. The monoisotopic (exact) mass is 331 g/mol. The van der Waals surface area contributed by atoms with Crippen LogP contribution in [-0.4, -0.2) is 53.0 Å². The predicted octanol–water partition coefficient (Wildman–Crippen LogP) is 3.12. The lowest BCUT2D eigenvalue weighted by Gasteiger charge is -2.27. The van der Waals surface area contributed by atoms with E-state index >= 15 is 0 Å². The molecular weight excluding hydrogens is 306 g/mol. The van der Waals surface area contributed by atoms with Gasteiger partial charge in [0.15, 0.2) is 0 Å². The lowest BCUT2D eigenvalue weighted by atomic mass is 10.1. The maximum Gasteiger partial charge on any atom is 0.323 e. The molecule has 24 heavy (non-hydrogen) atoms. The lowest BCUT2D eigenvalue weighted by molar-refractivity contribution is 0.199. The van der Waals surface area contributed by atoms with E-state index in [0.717, 1.165) is 51.9 Å². The van der Waals surface area contributed by atoms with E-state index in [-0.39, 0.29) is 12.1 Å². The van der Waals surface area contributed by atoms with Gasteiger partial charge in [0, 0.05) is 26.2 Å². The van der Waals surface area contributed by atoms with Gasteiger partial charge in [0.05, 0.1) is 0 Å². The molecule has 3 heterocycles. The van der Waals surface area contributed by atoms with Gasteiger partial charge in [0.1, 0.15) is 11.6 Å². The van der Waals surface area contributed by atoms with Gasteiger partial charge in [-0.3, -0.25) is 10.6 Å². The normalized spacial score (nSPS) is 18.2. The summed E-state index contributed by atoms with van der Waals surface area (Å²) in [6, 6.07) is 5.00. The number of hydrogen-bond acceptors (Lipinski definition) is 3. The minimum Gasteiger partial charge on any atom is -0.325 e. The minimum atomic E-state index is -0.123. The zero-order chi connectivity index (χ0) is 16.8. The molecule has 4 amide bonds. The number of anilines is 2. The van der Waals surface area contributed by atoms with Gasteiger partial charge >= 0.3 is 12.1 Å². The van der Waals surface area contributed by atoms with Gasteiger partial charge in [-0.1, -0.05) is 6.07 Å². The Labute approximate surface area is 142 Å². The van der Waals surface area contributed by atoms with Gasteiger partial charge in [0.25, 0.3) is 0 Å². The fourth-order valence-electron chi connectivity index (χ4n) is 3.15. The molecule has 130 valence electrons. The zero-order valence-electron chi connectivity index (χ0n) is 14.0. The highest BCUT2D eigenvalue weighted by Crippen LogP contribution is 2.15. The van der Waals surface area contributed by atoms with Crippen LogP contribution >= 0.6 is 0 Å². The Balaban J connectivity index is 1.57. The molecule has 1 aromatic rings. The number of amides is 4. The van der Waals surface area contributed by atoms with Gasteiger partial charge in [-0.2, -0.15) is 0 Å². The number of piperidine rings is 2. The summed E-state index contributed by atoms with van der Waals surface area (Å²) < 4.78 is 0. The molecule has 0 bridgehead atoms. The number of pyridine rings is 1. The van der Waals surface area contributed by atoms with Crippen LogP contribution < -0.4 is 10.6 Å². The molecule has 1 aromatic heterocycles. The van der Waals surface area contributed by atoms with Gasteiger partial charge in [-0.25, -0.2) is 14.6 Å². The van der Waals surface area contributed by atoms with Crippen molar-refractivity contribution in [2.45, 2.75) is 38.5 Å². The SMILES string of the molecule is O=C(Nc1cccc(NC(=O)N2CCCCC2)n1)N1CCCCC1. The van der Waals surface area contributed by atoms with Crippen LogP contribution in [0.25, 0.3) is 0 Å². The number of carbonyl (C=O) groups is 2. The fourth-order valence-corrected chi connectivity index (χ4v) is 3.15. The molecule has 2 aliphatic rings. The Morgan fingerprint density at radius 3 is 1.58 bits per heavy atom. The molecule has 2 fully saturated rings. The van der Waals surface area contributed by atoms with E-state index in [1.165, 1.54) is 12.8 Å². The van der Waals surface area contributed by atoms with Crippen molar-refractivity contribution >= 4 is 23.7 Å². The number of likely N-dealkylation sites (tertiary alicyclic amines) is 2. The predicted molar refractivity (Wildman–Crippen MR) is 93.1 cm³/mol.